The highest BCUT2D eigenvalue weighted by atomic mass is 35.5. The molecule has 0 unspecified atom stereocenters. The number of nitrogens with zero attached hydrogens (tertiary/aromatic N) is 1. The molecule has 0 bridgehead atoms. The molecule has 3 rings (SSSR count). The molecule has 1 saturated heterocycles. The van der Waals surface area contributed by atoms with Gasteiger partial charge in [-0.25, -0.2) is 0 Å². The number of hydrogen-bond acceptors (Lipinski definition) is 6. The lowest BCUT2D eigenvalue weighted by Gasteiger charge is -2.12. The van der Waals surface area contributed by atoms with Gasteiger partial charge in [-0.05, 0) is 35.5 Å². The van der Waals surface area contributed by atoms with E-state index in [1.54, 1.807) is 18.2 Å². The zero-order chi connectivity index (χ0) is 20.8. The number of thioether (sulfide) groups is 1. The minimum atomic E-state index is -0.372. The van der Waals surface area contributed by atoms with Gasteiger partial charge in [-0.3, -0.25) is 24.1 Å². The first-order chi connectivity index (χ1) is 13.9. The fourth-order valence-electron chi connectivity index (χ4n) is 2.60. The predicted octanol–water partition coefficient (Wildman–Crippen LogP) is 4.22. The zero-order valence-electron chi connectivity index (χ0n) is 15.2. The maximum absolute atomic E-state index is 12.4. The topological polar surface area (TPSA) is 83.6 Å². The van der Waals surface area contributed by atoms with Gasteiger partial charge in [-0.1, -0.05) is 41.9 Å². The summed E-state index contributed by atoms with van der Waals surface area (Å²) in [4.78, 5) is 50.4. The van der Waals surface area contributed by atoms with E-state index in [4.69, 9.17) is 11.6 Å². The number of hydrogen-bond donors (Lipinski definition) is 1. The van der Waals surface area contributed by atoms with Gasteiger partial charge in [0.05, 0.1) is 14.1 Å². The number of thiophene rings is 1. The molecule has 29 heavy (non-hydrogen) atoms. The molecule has 1 fully saturated rings. The van der Waals surface area contributed by atoms with E-state index in [-0.39, 0.29) is 48.8 Å². The van der Waals surface area contributed by atoms with Crippen LogP contribution in [-0.4, -0.2) is 40.8 Å². The third-order valence-corrected chi connectivity index (χ3v) is 6.24. The van der Waals surface area contributed by atoms with Crippen LogP contribution in [0.3, 0.4) is 0 Å². The molecule has 0 atom stereocenters. The van der Waals surface area contributed by atoms with E-state index >= 15 is 0 Å². The molecule has 0 aliphatic carbocycles. The van der Waals surface area contributed by atoms with Crippen LogP contribution in [0, 0.1) is 0 Å². The summed E-state index contributed by atoms with van der Waals surface area (Å²) in [6.45, 7) is 0.214. The van der Waals surface area contributed by atoms with E-state index in [2.05, 4.69) is 5.32 Å². The number of halogens is 1. The van der Waals surface area contributed by atoms with Crippen LogP contribution in [-0.2, 0) is 9.59 Å². The van der Waals surface area contributed by atoms with Crippen LogP contribution in [0.5, 0.6) is 0 Å². The summed E-state index contributed by atoms with van der Waals surface area (Å²) in [6.07, 6.45) is 1.78. The smallest absolute Gasteiger partial charge is 0.293 e. The van der Waals surface area contributed by atoms with Gasteiger partial charge in [0.25, 0.3) is 11.1 Å². The molecule has 1 aromatic heterocycles. The molecule has 1 aromatic carbocycles. The maximum Gasteiger partial charge on any atom is 0.293 e. The average Bonchev–Trinajstić information content (AvgIpc) is 3.25. The summed E-state index contributed by atoms with van der Waals surface area (Å²) in [7, 11) is 0. The minimum absolute atomic E-state index is 0.0319. The van der Waals surface area contributed by atoms with Crippen LogP contribution in [0.4, 0.5) is 4.79 Å². The summed E-state index contributed by atoms with van der Waals surface area (Å²) in [5.74, 6) is -0.829. The van der Waals surface area contributed by atoms with Crippen molar-refractivity contribution in [3.05, 3.63) is 62.1 Å². The Morgan fingerprint density at radius 3 is 2.52 bits per heavy atom. The molecular formula is C20H17ClN2O4S2. The summed E-state index contributed by atoms with van der Waals surface area (Å²) in [5, 5.41) is 2.27. The van der Waals surface area contributed by atoms with E-state index in [1.165, 1.54) is 11.3 Å². The molecule has 0 radical (unpaired) electrons. The lowest BCUT2D eigenvalue weighted by molar-refractivity contribution is -0.124. The van der Waals surface area contributed by atoms with Crippen LogP contribution in [0.1, 0.15) is 28.1 Å². The van der Waals surface area contributed by atoms with Crippen LogP contribution in [0.15, 0.2) is 47.4 Å². The summed E-state index contributed by atoms with van der Waals surface area (Å²) in [6, 6.07) is 12.5. The van der Waals surface area contributed by atoms with Crippen LogP contribution in [0.2, 0.25) is 4.34 Å². The largest absolute Gasteiger partial charge is 0.354 e. The Kier molecular flexibility index (Phi) is 7.24. The van der Waals surface area contributed by atoms with Crippen LogP contribution >= 0.6 is 34.7 Å². The van der Waals surface area contributed by atoms with Gasteiger partial charge in [0, 0.05) is 25.9 Å². The molecule has 0 saturated carbocycles. The number of amides is 3. The number of carbonyl (C=O) groups is 4. The van der Waals surface area contributed by atoms with E-state index in [0.29, 0.717) is 14.1 Å². The first-order valence-corrected chi connectivity index (χ1v) is 10.8. The highest BCUT2D eigenvalue weighted by molar-refractivity contribution is 8.18. The van der Waals surface area contributed by atoms with Crippen molar-refractivity contribution in [3.63, 3.8) is 0 Å². The molecule has 150 valence electrons. The minimum Gasteiger partial charge on any atom is -0.354 e. The first kappa shape index (κ1) is 21.3. The van der Waals surface area contributed by atoms with E-state index in [9.17, 15) is 19.2 Å². The second-order valence-corrected chi connectivity index (χ2v) is 8.83. The van der Waals surface area contributed by atoms with Crippen LogP contribution < -0.4 is 5.32 Å². The number of nitrogens with one attached hydrogen (secondary N) is 1. The highest BCUT2D eigenvalue weighted by Gasteiger charge is 2.34. The molecule has 2 aromatic rings. The summed E-state index contributed by atoms with van der Waals surface area (Å²) < 4.78 is 0.524. The number of rotatable bonds is 8. The molecule has 3 amide bonds. The Morgan fingerprint density at radius 1 is 1.07 bits per heavy atom. The van der Waals surface area contributed by atoms with Gasteiger partial charge in [0.15, 0.2) is 5.78 Å². The Morgan fingerprint density at radius 2 is 1.83 bits per heavy atom. The Labute approximate surface area is 180 Å². The van der Waals surface area contributed by atoms with Crippen molar-refractivity contribution in [2.75, 3.05) is 13.1 Å². The molecule has 1 N–H and O–H groups in total. The van der Waals surface area contributed by atoms with Crippen molar-refractivity contribution in [2.45, 2.75) is 12.8 Å². The number of imide groups is 1. The zero-order valence-corrected chi connectivity index (χ0v) is 17.6. The highest BCUT2D eigenvalue weighted by Crippen LogP contribution is 2.31. The monoisotopic (exact) mass is 448 g/mol. The van der Waals surface area contributed by atoms with Gasteiger partial charge >= 0.3 is 0 Å². The Hall–Kier alpha value is -2.42. The predicted molar refractivity (Wildman–Crippen MR) is 115 cm³/mol. The van der Waals surface area contributed by atoms with Crippen molar-refractivity contribution < 1.29 is 19.2 Å². The van der Waals surface area contributed by atoms with E-state index in [0.717, 1.165) is 22.2 Å². The fourth-order valence-corrected chi connectivity index (χ4v) is 4.48. The average molecular weight is 449 g/mol. The first-order valence-electron chi connectivity index (χ1n) is 8.79. The Balaban J connectivity index is 1.44. The molecule has 9 heteroatoms. The molecule has 6 nitrogen and oxygen atoms in total. The number of ketones is 1. The number of Topliss-reactive ketones (excluding diaryl/α,β-unsaturated/α-hetero) is 1. The van der Waals surface area contributed by atoms with Crippen molar-refractivity contribution in [1.29, 1.82) is 0 Å². The lowest BCUT2D eigenvalue weighted by Crippen LogP contribution is -2.37. The van der Waals surface area contributed by atoms with Gasteiger partial charge in [0.2, 0.25) is 5.91 Å². The van der Waals surface area contributed by atoms with E-state index < -0.39 is 0 Å². The second kappa shape index (κ2) is 9.87. The normalized spacial score (nSPS) is 15.2. The summed E-state index contributed by atoms with van der Waals surface area (Å²) in [5.41, 5.74) is 0.836. The molecule has 1 aliphatic heterocycles. The standard InChI is InChI=1S/C20H17ClN2O4S2/c21-17-8-7-15(28-17)14(24)6-9-18(25)22-10-11-23-19(26)16(29-20(23)27)12-13-4-2-1-3-5-13/h1-5,7-8,12H,6,9-11H2,(H,22,25)/b16-12-. The summed E-state index contributed by atoms with van der Waals surface area (Å²) >= 11 is 7.86. The van der Waals surface area contributed by atoms with Gasteiger partial charge in [-0.15, -0.1) is 11.3 Å². The third-order valence-electron chi connectivity index (χ3n) is 4.06. The van der Waals surface area contributed by atoms with Gasteiger partial charge in [-0.2, -0.15) is 0 Å². The van der Waals surface area contributed by atoms with Gasteiger partial charge < -0.3 is 5.32 Å². The van der Waals surface area contributed by atoms with Crippen molar-refractivity contribution in [2.24, 2.45) is 0 Å². The number of benzene rings is 1. The van der Waals surface area contributed by atoms with Crippen molar-refractivity contribution >= 4 is 63.6 Å². The maximum atomic E-state index is 12.4. The second-order valence-electron chi connectivity index (χ2n) is 6.12. The fraction of sp³-hybridized carbons (Fsp3) is 0.200. The molecular weight excluding hydrogens is 432 g/mol. The quantitative estimate of drug-likeness (QED) is 0.483. The van der Waals surface area contributed by atoms with Crippen LogP contribution in [0.25, 0.3) is 6.08 Å². The van der Waals surface area contributed by atoms with E-state index in [1.807, 2.05) is 30.3 Å². The molecule has 0 spiro atoms. The van der Waals surface area contributed by atoms with Gasteiger partial charge in [0.1, 0.15) is 0 Å². The SMILES string of the molecule is O=C(CCC(=O)c1ccc(Cl)s1)NCCN1C(=O)S/C(=C\c2ccccc2)C1=O. The number of carbonyl (C=O) groups excluding carboxylic acids is 4. The van der Waals surface area contributed by atoms with Crippen molar-refractivity contribution in [3.8, 4) is 0 Å². The third kappa shape index (κ3) is 5.79. The lowest BCUT2D eigenvalue weighted by atomic mass is 10.2. The molecule has 2 heterocycles. The molecule has 1 aliphatic rings. The van der Waals surface area contributed by atoms with Crippen molar-refractivity contribution in [1.82, 2.24) is 10.2 Å². The Bertz CT molecular complexity index is 972.